The van der Waals surface area contributed by atoms with E-state index in [9.17, 15) is 13.2 Å². The van der Waals surface area contributed by atoms with Gasteiger partial charge in [0.05, 0.1) is 10.5 Å². The molecule has 1 aromatic heterocycles. The molecule has 0 radical (unpaired) electrons. The van der Waals surface area contributed by atoms with Crippen LogP contribution in [0.15, 0.2) is 57.4 Å². The van der Waals surface area contributed by atoms with Gasteiger partial charge < -0.3 is 5.11 Å². The van der Waals surface area contributed by atoms with Crippen LogP contribution in [-0.2, 0) is 10.0 Å². The van der Waals surface area contributed by atoms with Gasteiger partial charge in [-0.25, -0.2) is 22.9 Å². The van der Waals surface area contributed by atoms with Crippen molar-refractivity contribution < 1.29 is 18.3 Å². The summed E-state index contributed by atoms with van der Waals surface area (Å²) in [6, 6.07) is 9.15. The number of hydrogen-bond acceptors (Lipinski definition) is 5. The Labute approximate surface area is 126 Å². The predicted molar refractivity (Wildman–Crippen MR) is 78.0 cm³/mol. The highest BCUT2D eigenvalue weighted by molar-refractivity contribution is 7.99. The summed E-state index contributed by atoms with van der Waals surface area (Å²) < 4.78 is 25.4. The summed E-state index contributed by atoms with van der Waals surface area (Å²) in [4.78, 5) is 16.0. The van der Waals surface area contributed by atoms with E-state index in [1.807, 2.05) is 0 Å². The fourth-order valence-corrected chi connectivity index (χ4v) is 3.16. The lowest BCUT2D eigenvalue weighted by molar-refractivity contribution is 0.0692. The quantitative estimate of drug-likeness (QED) is 0.871. The Bertz CT molecular complexity index is 758. The van der Waals surface area contributed by atoms with E-state index in [0.717, 1.165) is 11.8 Å². The molecule has 0 atom stereocenters. The molecule has 0 bridgehead atoms. The SMILES string of the molecule is CNS(=O)(=O)c1ccc(Sc2ncccc2C(=O)O)cc1. The molecule has 21 heavy (non-hydrogen) atoms. The van der Waals surface area contributed by atoms with E-state index in [2.05, 4.69) is 9.71 Å². The van der Waals surface area contributed by atoms with E-state index >= 15 is 0 Å². The van der Waals surface area contributed by atoms with Gasteiger partial charge in [0.1, 0.15) is 5.03 Å². The average Bonchev–Trinajstić information content (AvgIpc) is 2.48. The molecule has 0 amide bonds. The van der Waals surface area contributed by atoms with Gasteiger partial charge in [0.2, 0.25) is 10.0 Å². The van der Waals surface area contributed by atoms with E-state index in [0.29, 0.717) is 9.92 Å². The molecule has 2 rings (SSSR count). The molecule has 2 aromatic rings. The standard InChI is InChI=1S/C13H12N2O4S2/c1-14-21(18,19)10-6-4-9(5-7-10)20-12-11(13(16)17)3-2-8-15-12/h2-8,14H,1H3,(H,16,17). The smallest absolute Gasteiger partial charge is 0.338 e. The van der Waals surface area contributed by atoms with Crippen LogP contribution in [0.1, 0.15) is 10.4 Å². The number of benzene rings is 1. The third kappa shape index (κ3) is 3.60. The van der Waals surface area contributed by atoms with Gasteiger partial charge in [-0.3, -0.25) is 0 Å². The van der Waals surface area contributed by atoms with Gasteiger partial charge in [0.25, 0.3) is 0 Å². The van der Waals surface area contributed by atoms with Crippen LogP contribution >= 0.6 is 11.8 Å². The third-order valence-corrected chi connectivity index (χ3v) is 5.08. The molecule has 110 valence electrons. The lowest BCUT2D eigenvalue weighted by atomic mass is 10.3. The number of rotatable bonds is 5. The second-order valence-electron chi connectivity index (χ2n) is 3.94. The Morgan fingerprint density at radius 2 is 1.90 bits per heavy atom. The van der Waals surface area contributed by atoms with Crippen molar-refractivity contribution in [3.63, 3.8) is 0 Å². The number of carboxylic acid groups (broad SMARTS) is 1. The summed E-state index contributed by atoms with van der Waals surface area (Å²) in [6.45, 7) is 0. The Hall–Kier alpha value is -1.90. The van der Waals surface area contributed by atoms with Crippen LogP contribution < -0.4 is 4.72 Å². The normalized spacial score (nSPS) is 11.3. The van der Waals surface area contributed by atoms with Crippen LogP contribution in [0.5, 0.6) is 0 Å². The van der Waals surface area contributed by atoms with Crippen molar-refractivity contribution in [1.29, 1.82) is 0 Å². The largest absolute Gasteiger partial charge is 0.478 e. The minimum Gasteiger partial charge on any atom is -0.478 e. The first-order chi connectivity index (χ1) is 9.94. The maximum Gasteiger partial charge on any atom is 0.338 e. The minimum absolute atomic E-state index is 0.106. The average molecular weight is 324 g/mol. The van der Waals surface area contributed by atoms with Gasteiger partial charge in [-0.15, -0.1) is 0 Å². The second kappa shape index (κ2) is 6.25. The van der Waals surface area contributed by atoms with Gasteiger partial charge in [0, 0.05) is 11.1 Å². The Morgan fingerprint density at radius 1 is 1.24 bits per heavy atom. The summed E-state index contributed by atoms with van der Waals surface area (Å²) in [5.41, 5.74) is 0.106. The van der Waals surface area contributed by atoms with E-state index < -0.39 is 16.0 Å². The molecule has 0 fully saturated rings. The number of nitrogens with zero attached hydrogens (tertiary/aromatic N) is 1. The highest BCUT2D eigenvalue weighted by Gasteiger charge is 2.13. The number of aromatic nitrogens is 1. The van der Waals surface area contributed by atoms with Gasteiger partial charge in [-0.1, -0.05) is 11.8 Å². The highest BCUT2D eigenvalue weighted by Crippen LogP contribution is 2.29. The second-order valence-corrected chi connectivity index (χ2v) is 6.89. The minimum atomic E-state index is -3.48. The maximum absolute atomic E-state index is 11.6. The summed E-state index contributed by atoms with van der Waals surface area (Å²) in [5.74, 6) is -1.06. The molecule has 0 spiro atoms. The molecule has 2 N–H and O–H groups in total. The highest BCUT2D eigenvalue weighted by atomic mass is 32.2. The fraction of sp³-hybridized carbons (Fsp3) is 0.0769. The van der Waals surface area contributed by atoms with E-state index in [4.69, 9.17) is 5.11 Å². The number of aromatic carboxylic acids is 1. The number of nitrogens with one attached hydrogen (secondary N) is 1. The van der Waals surface area contributed by atoms with Crippen molar-refractivity contribution in [1.82, 2.24) is 9.71 Å². The molecule has 8 heteroatoms. The molecule has 0 saturated carbocycles. The van der Waals surface area contributed by atoms with Gasteiger partial charge in [-0.05, 0) is 43.4 Å². The topological polar surface area (TPSA) is 96.4 Å². The lowest BCUT2D eigenvalue weighted by Gasteiger charge is -2.06. The first kappa shape index (κ1) is 15.5. The molecule has 6 nitrogen and oxygen atoms in total. The van der Waals surface area contributed by atoms with E-state index in [1.165, 1.54) is 31.4 Å². The van der Waals surface area contributed by atoms with Crippen molar-refractivity contribution in [3.8, 4) is 0 Å². The molecule has 0 aliphatic heterocycles. The van der Waals surface area contributed by atoms with Crippen molar-refractivity contribution in [3.05, 3.63) is 48.2 Å². The van der Waals surface area contributed by atoms with Crippen molar-refractivity contribution >= 4 is 27.8 Å². The number of hydrogen-bond donors (Lipinski definition) is 2. The zero-order chi connectivity index (χ0) is 15.5. The summed E-state index contributed by atoms with van der Waals surface area (Å²) in [5, 5.41) is 9.44. The van der Waals surface area contributed by atoms with Crippen LogP contribution in [0, 0.1) is 0 Å². The summed E-state index contributed by atoms with van der Waals surface area (Å²) in [6.07, 6.45) is 1.51. The number of carboxylic acids is 1. The molecular weight excluding hydrogens is 312 g/mol. The van der Waals surface area contributed by atoms with Crippen LogP contribution in [0.2, 0.25) is 0 Å². The first-order valence-electron chi connectivity index (χ1n) is 5.84. The van der Waals surface area contributed by atoms with Crippen molar-refractivity contribution in [2.45, 2.75) is 14.8 Å². The van der Waals surface area contributed by atoms with Crippen LogP contribution in [-0.4, -0.2) is 31.5 Å². The first-order valence-corrected chi connectivity index (χ1v) is 8.14. The van der Waals surface area contributed by atoms with Gasteiger partial charge in [0.15, 0.2) is 0 Å². The molecular formula is C13H12N2O4S2. The summed E-state index contributed by atoms with van der Waals surface area (Å²) in [7, 11) is -2.14. The van der Waals surface area contributed by atoms with Gasteiger partial charge >= 0.3 is 5.97 Å². The van der Waals surface area contributed by atoms with Gasteiger partial charge in [-0.2, -0.15) is 0 Å². The molecule has 1 aromatic carbocycles. The van der Waals surface area contributed by atoms with Crippen LogP contribution in [0.25, 0.3) is 0 Å². The molecule has 0 unspecified atom stereocenters. The van der Waals surface area contributed by atoms with E-state index in [-0.39, 0.29) is 10.5 Å². The summed E-state index contributed by atoms with van der Waals surface area (Å²) >= 11 is 1.16. The molecule has 0 aliphatic rings. The number of pyridine rings is 1. The predicted octanol–water partition coefficient (Wildman–Crippen LogP) is 1.84. The zero-order valence-electron chi connectivity index (χ0n) is 11.0. The Morgan fingerprint density at radius 3 is 2.48 bits per heavy atom. The Balaban J connectivity index is 2.28. The third-order valence-electron chi connectivity index (χ3n) is 2.62. The molecule has 0 aliphatic carbocycles. The lowest BCUT2D eigenvalue weighted by Crippen LogP contribution is -2.18. The fourth-order valence-electron chi connectivity index (χ4n) is 1.55. The molecule has 0 saturated heterocycles. The van der Waals surface area contributed by atoms with Crippen LogP contribution in [0.3, 0.4) is 0 Å². The zero-order valence-corrected chi connectivity index (χ0v) is 12.6. The molecule has 1 heterocycles. The van der Waals surface area contributed by atoms with E-state index in [1.54, 1.807) is 18.2 Å². The van der Waals surface area contributed by atoms with Crippen molar-refractivity contribution in [2.24, 2.45) is 0 Å². The number of sulfonamides is 1. The number of carbonyl (C=O) groups is 1. The maximum atomic E-state index is 11.6. The monoisotopic (exact) mass is 324 g/mol. The Kier molecular flexibility index (Phi) is 4.61. The van der Waals surface area contributed by atoms with Crippen molar-refractivity contribution in [2.75, 3.05) is 7.05 Å². The van der Waals surface area contributed by atoms with Crippen LogP contribution in [0.4, 0.5) is 0 Å².